The second kappa shape index (κ2) is 50.5. The summed E-state index contributed by atoms with van der Waals surface area (Å²) < 4.78 is 0. The van der Waals surface area contributed by atoms with Crippen molar-refractivity contribution in [3.05, 3.63) is 25.8 Å². The van der Waals surface area contributed by atoms with E-state index in [-0.39, 0.29) is 0 Å². The highest BCUT2D eigenvalue weighted by Gasteiger charge is 1.80. The standard InChI is InChI=1S/C5H12.C5H10.C4H11N.2C2H6.C2H4/c2*1-4-5(2)3;1-4(2)3-5;3*1-2/h5H,4H2,1-3H3;4-5H,1H2,2-3H3;4H,3,5H2,1-2H3;2*1-2H3;1-2H2. The van der Waals surface area contributed by atoms with Crippen LogP contribution >= 0.6 is 0 Å². The molecule has 0 aromatic heterocycles. The van der Waals surface area contributed by atoms with Crippen molar-refractivity contribution in [2.45, 2.75) is 82.6 Å². The van der Waals surface area contributed by atoms with Gasteiger partial charge in [0.05, 0.1) is 0 Å². The molecule has 134 valence electrons. The summed E-state index contributed by atoms with van der Waals surface area (Å²) in [5.41, 5.74) is 5.17. The largest absolute Gasteiger partial charge is 0.330 e. The number of rotatable bonds is 3. The average molecular weight is 304 g/mol. The minimum atomic E-state index is 0.648. The molecular formula is C20H49N. The van der Waals surface area contributed by atoms with Gasteiger partial charge in [0.2, 0.25) is 0 Å². The highest BCUT2D eigenvalue weighted by molar-refractivity contribution is 4.69. The average Bonchev–Trinajstić information content (AvgIpc) is 2.54. The van der Waals surface area contributed by atoms with Crippen LogP contribution in [-0.2, 0) is 0 Å². The second-order valence-corrected chi connectivity index (χ2v) is 4.91. The van der Waals surface area contributed by atoms with Crippen LogP contribution in [0.4, 0.5) is 0 Å². The van der Waals surface area contributed by atoms with Gasteiger partial charge in [-0.2, -0.15) is 0 Å². The summed E-state index contributed by atoms with van der Waals surface area (Å²) in [6.07, 6.45) is 3.22. The van der Waals surface area contributed by atoms with E-state index in [2.05, 4.69) is 68.2 Å². The molecule has 1 heteroatoms. The molecule has 0 aliphatic rings. The van der Waals surface area contributed by atoms with Gasteiger partial charge >= 0.3 is 0 Å². The lowest BCUT2D eigenvalue weighted by atomic mass is 10.2. The molecule has 0 radical (unpaired) electrons. The van der Waals surface area contributed by atoms with E-state index >= 15 is 0 Å². The zero-order valence-corrected chi connectivity index (χ0v) is 17.4. The van der Waals surface area contributed by atoms with Gasteiger partial charge in [0.1, 0.15) is 0 Å². The van der Waals surface area contributed by atoms with Crippen LogP contribution in [0.5, 0.6) is 0 Å². The highest BCUT2D eigenvalue weighted by atomic mass is 14.5. The number of hydrogen-bond acceptors (Lipinski definition) is 1. The van der Waals surface area contributed by atoms with E-state index < -0.39 is 0 Å². The van der Waals surface area contributed by atoms with E-state index in [4.69, 9.17) is 5.73 Å². The summed E-state index contributed by atoms with van der Waals surface area (Å²) in [7, 11) is 0. The van der Waals surface area contributed by atoms with Crippen molar-refractivity contribution in [1.29, 1.82) is 0 Å². The summed E-state index contributed by atoms with van der Waals surface area (Å²) in [6, 6.07) is 0. The fourth-order valence-electron chi connectivity index (χ4n) is 0. The summed E-state index contributed by atoms with van der Waals surface area (Å²) in [4.78, 5) is 0. The molecule has 0 atom stereocenters. The van der Waals surface area contributed by atoms with E-state index in [1.807, 2.05) is 33.8 Å². The van der Waals surface area contributed by atoms with Crippen molar-refractivity contribution in [2.24, 2.45) is 23.5 Å². The van der Waals surface area contributed by atoms with Gasteiger partial charge in [-0.1, -0.05) is 88.7 Å². The zero-order valence-electron chi connectivity index (χ0n) is 17.4. The van der Waals surface area contributed by atoms with E-state index in [9.17, 15) is 0 Å². The lowest BCUT2D eigenvalue weighted by Crippen LogP contribution is -2.05. The summed E-state index contributed by atoms with van der Waals surface area (Å²) >= 11 is 0. The summed E-state index contributed by atoms with van der Waals surface area (Å²) in [5.74, 6) is 2.19. The SMILES string of the molecule is C=C.C=CC(C)C.CC.CC.CC(C)CN.CCC(C)C. The predicted molar refractivity (Wildman–Crippen MR) is 108 cm³/mol. The molecule has 0 rings (SSSR count). The lowest BCUT2D eigenvalue weighted by Gasteiger charge is -1.91. The van der Waals surface area contributed by atoms with Crippen LogP contribution in [0.15, 0.2) is 25.8 Å². The smallest absolute Gasteiger partial charge is 0.00541 e. The summed E-state index contributed by atoms with van der Waals surface area (Å²) in [6.45, 7) is 33.4. The fraction of sp³-hybridized carbons (Fsp3) is 0.800. The topological polar surface area (TPSA) is 26.0 Å². The van der Waals surface area contributed by atoms with Crippen LogP contribution in [0.3, 0.4) is 0 Å². The third-order valence-corrected chi connectivity index (χ3v) is 1.76. The molecule has 0 saturated heterocycles. The molecule has 2 N–H and O–H groups in total. The Labute approximate surface area is 139 Å². The molecule has 0 aliphatic heterocycles. The molecule has 0 fully saturated rings. The van der Waals surface area contributed by atoms with Gasteiger partial charge in [-0.25, -0.2) is 0 Å². The van der Waals surface area contributed by atoms with Gasteiger partial charge in [0.15, 0.2) is 0 Å². The Morgan fingerprint density at radius 2 is 0.952 bits per heavy atom. The van der Waals surface area contributed by atoms with Crippen LogP contribution in [0.2, 0.25) is 0 Å². The van der Waals surface area contributed by atoms with Gasteiger partial charge in [-0.05, 0) is 24.3 Å². The Balaban J connectivity index is -0.0000000340. The van der Waals surface area contributed by atoms with E-state index in [0.29, 0.717) is 11.8 Å². The Bertz CT molecular complexity index is 107. The lowest BCUT2D eigenvalue weighted by molar-refractivity contribution is 0.626. The molecule has 0 bridgehead atoms. The molecule has 0 aromatic carbocycles. The Hall–Kier alpha value is -0.560. The molecule has 0 heterocycles. The first kappa shape index (κ1) is 37.0. The van der Waals surface area contributed by atoms with E-state index in [1.165, 1.54) is 6.42 Å². The monoisotopic (exact) mass is 303 g/mol. The molecule has 0 aromatic rings. The van der Waals surface area contributed by atoms with Crippen molar-refractivity contribution in [1.82, 2.24) is 0 Å². The van der Waals surface area contributed by atoms with Crippen molar-refractivity contribution >= 4 is 0 Å². The van der Waals surface area contributed by atoms with Crippen molar-refractivity contribution in [3.63, 3.8) is 0 Å². The van der Waals surface area contributed by atoms with Crippen molar-refractivity contribution in [2.75, 3.05) is 6.54 Å². The van der Waals surface area contributed by atoms with Gasteiger partial charge in [-0.15, -0.1) is 19.7 Å². The predicted octanol–water partition coefficient (Wildman–Crippen LogP) is 7.34. The minimum Gasteiger partial charge on any atom is -0.330 e. The third kappa shape index (κ3) is 200. The quantitative estimate of drug-likeness (QED) is 0.542. The first-order valence-corrected chi connectivity index (χ1v) is 8.64. The van der Waals surface area contributed by atoms with Crippen LogP contribution in [0, 0.1) is 17.8 Å². The van der Waals surface area contributed by atoms with Crippen LogP contribution < -0.4 is 5.73 Å². The maximum atomic E-state index is 5.17. The second-order valence-electron chi connectivity index (χ2n) is 4.91. The van der Waals surface area contributed by atoms with Crippen LogP contribution in [0.1, 0.15) is 82.6 Å². The van der Waals surface area contributed by atoms with Gasteiger partial charge in [-0.3, -0.25) is 0 Å². The van der Waals surface area contributed by atoms with E-state index in [1.54, 1.807) is 0 Å². The Kier molecular flexibility index (Phi) is 89.1. The van der Waals surface area contributed by atoms with Crippen molar-refractivity contribution < 1.29 is 0 Å². The first-order chi connectivity index (χ1) is 9.81. The normalized spacial score (nSPS) is 7.38. The summed E-state index contributed by atoms with van der Waals surface area (Å²) in [5, 5.41) is 0. The Morgan fingerprint density at radius 1 is 0.810 bits per heavy atom. The minimum absolute atomic E-state index is 0.648. The maximum Gasteiger partial charge on any atom is -0.00541 e. The molecule has 21 heavy (non-hydrogen) atoms. The first-order valence-electron chi connectivity index (χ1n) is 8.64. The number of allylic oxidation sites excluding steroid dienone is 1. The Morgan fingerprint density at radius 3 is 0.952 bits per heavy atom. The number of hydrogen-bond donors (Lipinski definition) is 1. The van der Waals surface area contributed by atoms with Crippen molar-refractivity contribution in [3.8, 4) is 0 Å². The molecule has 1 nitrogen and oxygen atoms in total. The molecule has 0 unspecified atom stereocenters. The highest BCUT2D eigenvalue weighted by Crippen LogP contribution is 1.93. The molecule has 0 aliphatic carbocycles. The number of nitrogens with two attached hydrogens (primary N) is 1. The van der Waals surface area contributed by atoms with Gasteiger partial charge < -0.3 is 5.73 Å². The van der Waals surface area contributed by atoms with Crippen LogP contribution in [0.25, 0.3) is 0 Å². The van der Waals surface area contributed by atoms with E-state index in [0.717, 1.165) is 12.5 Å². The molecular weight excluding hydrogens is 254 g/mol. The zero-order chi connectivity index (χ0) is 18.9. The fourth-order valence-corrected chi connectivity index (χ4v) is 0. The molecule has 0 saturated carbocycles. The maximum absolute atomic E-state index is 5.17. The van der Waals surface area contributed by atoms with Gasteiger partial charge in [0.25, 0.3) is 0 Å². The van der Waals surface area contributed by atoms with Gasteiger partial charge in [0, 0.05) is 0 Å². The van der Waals surface area contributed by atoms with Crippen LogP contribution in [-0.4, -0.2) is 6.54 Å². The molecule has 0 spiro atoms. The third-order valence-electron chi connectivity index (χ3n) is 1.76. The molecule has 0 amide bonds.